The molecular weight excluding hydrogens is 719 g/mol. The summed E-state index contributed by atoms with van der Waals surface area (Å²) in [6.45, 7) is 20.0. The van der Waals surface area contributed by atoms with Crippen molar-refractivity contribution in [2.45, 2.75) is 73.0 Å². The molecule has 0 aliphatic carbocycles. The molecule has 2 aromatic heterocycles. The van der Waals surface area contributed by atoms with Crippen molar-refractivity contribution in [3.05, 3.63) is 36.4 Å². The van der Waals surface area contributed by atoms with Gasteiger partial charge in [-0.3, -0.25) is 13.9 Å². The van der Waals surface area contributed by atoms with Gasteiger partial charge in [0.15, 0.2) is 11.2 Å². The van der Waals surface area contributed by atoms with Gasteiger partial charge < -0.3 is 38.4 Å². The van der Waals surface area contributed by atoms with Crippen LogP contribution in [0.25, 0.3) is 11.2 Å². The summed E-state index contributed by atoms with van der Waals surface area (Å²) in [6.07, 6.45) is -0.912. The maximum absolute atomic E-state index is 13.9. The minimum absolute atomic E-state index is 0. The molecule has 2 N–H and O–H groups in total. The van der Waals surface area contributed by atoms with Gasteiger partial charge in [0, 0.05) is 24.8 Å². The Labute approximate surface area is 255 Å². The van der Waals surface area contributed by atoms with E-state index in [0.29, 0.717) is 43.0 Å². The Morgan fingerprint density at radius 3 is 2.27 bits per heavy atom. The topological polar surface area (TPSA) is 146 Å². The van der Waals surface area contributed by atoms with Crippen LogP contribution in [-0.4, -0.2) is 69.0 Å². The molecule has 11 atom stereocenters. The molecule has 4 rings (SSSR count). The van der Waals surface area contributed by atoms with Gasteiger partial charge in [-0.05, 0) is 38.5 Å². The number of fused-ring (bicyclic) bond motifs is 1. The second kappa shape index (κ2) is 14.6. The number of aromatic nitrogens is 4. The molecule has 0 bridgehead atoms. The average Bonchev–Trinajstić information content (AvgIpc) is 3.24. The maximum atomic E-state index is 13.9. The Morgan fingerprint density at radius 2 is 1.66 bits per heavy atom. The SMILES string of the molecule is [CH2-]C1C(C)OC(COP(C)(=O)CC2C(C)C(C)C(CO)OC2n2c(C)nc3c(=O)[nH]c(C)nc32)C(C)C1C.[CH3-].[O]=[W]. The van der Waals surface area contributed by atoms with Gasteiger partial charge in [0.25, 0.3) is 5.56 Å². The van der Waals surface area contributed by atoms with Crippen molar-refractivity contribution in [3.8, 4) is 0 Å². The average molecular weight is 767 g/mol. The number of nitrogens with one attached hydrogen (secondary N) is 1. The zero-order valence-corrected chi connectivity index (χ0v) is 29.5. The summed E-state index contributed by atoms with van der Waals surface area (Å²) in [5.74, 6) is 1.67. The molecule has 4 heterocycles. The number of aryl methyl sites for hydroxylation is 2. The number of ether oxygens (including phenoxy) is 2. The molecule has 2 fully saturated rings. The summed E-state index contributed by atoms with van der Waals surface area (Å²) in [6, 6.07) is 0. The van der Waals surface area contributed by atoms with E-state index in [1.807, 2.05) is 18.4 Å². The van der Waals surface area contributed by atoms with Gasteiger partial charge in [-0.15, -0.1) is 5.92 Å². The molecule has 2 aromatic rings. The molecule has 0 amide bonds. The molecule has 11 unspecified atom stereocenters. The summed E-state index contributed by atoms with van der Waals surface area (Å²) in [5.41, 5.74) is 0.327. The standard InChI is InChI=1S/C27H44N4O6P.CH3.O.W/c1-13-14(2)18(6)36-23(16(13)4)11-35-38(9,34)12-21-15(3)17(5)22(10-32)37-27(21)31-20(8)30-24-25(31)28-19(7)29-26(24)33;;;/h13-18,21-23,27,32H,2,10-12H2,1,3-9H3,(H,28,29,33);1H3;;/q2*-1;;. The second-order valence-corrected chi connectivity index (χ2v) is 14.4. The van der Waals surface area contributed by atoms with Crippen LogP contribution < -0.4 is 5.56 Å². The zero-order chi connectivity index (χ0) is 30.1. The van der Waals surface area contributed by atoms with Crippen LogP contribution in [0, 0.1) is 63.7 Å². The van der Waals surface area contributed by atoms with E-state index in [0.717, 1.165) is 0 Å². The Kier molecular flexibility index (Phi) is 12.8. The fraction of sp³-hybridized carbons (Fsp3) is 0.750. The summed E-state index contributed by atoms with van der Waals surface area (Å²) in [4.78, 5) is 24.3. The van der Waals surface area contributed by atoms with Crippen molar-refractivity contribution in [3.63, 3.8) is 0 Å². The Hall–Kier alpha value is -1.09. The number of hydrogen-bond donors (Lipinski definition) is 2. The van der Waals surface area contributed by atoms with E-state index in [1.54, 1.807) is 20.5 Å². The Morgan fingerprint density at radius 1 is 1.05 bits per heavy atom. The molecule has 13 heteroatoms. The van der Waals surface area contributed by atoms with Crippen LogP contribution in [0.3, 0.4) is 0 Å². The monoisotopic (exact) mass is 766 g/mol. The number of rotatable bonds is 7. The summed E-state index contributed by atoms with van der Waals surface area (Å²) in [7, 11) is -3.09. The third kappa shape index (κ3) is 7.53. The molecule has 2 aliphatic heterocycles. The van der Waals surface area contributed by atoms with Crippen molar-refractivity contribution in [2.75, 3.05) is 26.0 Å². The first-order valence-corrected chi connectivity index (χ1v) is 17.3. The molecule has 0 aromatic carbocycles. The first-order chi connectivity index (χ1) is 18.8. The van der Waals surface area contributed by atoms with Crippen LogP contribution in [-0.2, 0) is 41.7 Å². The van der Waals surface area contributed by atoms with Gasteiger partial charge in [0.1, 0.15) is 17.9 Å². The molecule has 0 saturated carbocycles. The van der Waals surface area contributed by atoms with Gasteiger partial charge in [0.05, 0.1) is 25.4 Å². The number of aliphatic hydroxyl groups is 1. The normalized spacial score (nSPS) is 35.2. The van der Waals surface area contributed by atoms with Crippen molar-refractivity contribution in [1.82, 2.24) is 19.5 Å². The van der Waals surface area contributed by atoms with E-state index >= 15 is 0 Å². The summed E-state index contributed by atoms with van der Waals surface area (Å²) in [5, 5.41) is 10.1. The van der Waals surface area contributed by atoms with Crippen LogP contribution in [0.5, 0.6) is 0 Å². The third-order valence-electron chi connectivity index (χ3n) is 9.19. The fourth-order valence-electron chi connectivity index (χ4n) is 6.13. The predicted molar refractivity (Wildman–Crippen MR) is 153 cm³/mol. The molecular formula is C28H47N4O7PW-2. The van der Waals surface area contributed by atoms with Crippen molar-refractivity contribution in [1.29, 1.82) is 0 Å². The molecule has 11 nitrogen and oxygen atoms in total. The van der Waals surface area contributed by atoms with Gasteiger partial charge in [-0.2, -0.15) is 0 Å². The zero-order valence-electron chi connectivity index (χ0n) is 25.7. The number of aromatic amines is 1. The Bertz CT molecular complexity index is 1270. The van der Waals surface area contributed by atoms with Crippen LogP contribution in [0.2, 0.25) is 0 Å². The quantitative estimate of drug-likeness (QED) is 0.312. The van der Waals surface area contributed by atoms with E-state index in [2.05, 4.69) is 42.6 Å². The number of H-pyrrole nitrogens is 1. The van der Waals surface area contributed by atoms with Crippen molar-refractivity contribution >= 4 is 18.5 Å². The van der Waals surface area contributed by atoms with E-state index < -0.39 is 19.7 Å². The number of aliphatic hydroxyl groups excluding tert-OH is 1. The third-order valence-corrected chi connectivity index (χ3v) is 11.0. The van der Waals surface area contributed by atoms with Gasteiger partial charge in [-0.1, -0.05) is 33.6 Å². The van der Waals surface area contributed by atoms with E-state index in [4.69, 9.17) is 17.4 Å². The molecule has 2 aliphatic rings. The predicted octanol–water partition coefficient (Wildman–Crippen LogP) is 4.28. The van der Waals surface area contributed by atoms with Crippen molar-refractivity contribution in [2.24, 2.45) is 35.5 Å². The van der Waals surface area contributed by atoms with Gasteiger partial charge >= 0.3 is 23.2 Å². The first kappa shape index (κ1) is 36.1. The van der Waals surface area contributed by atoms with Crippen LogP contribution >= 0.6 is 7.37 Å². The molecule has 2 saturated heterocycles. The summed E-state index contributed by atoms with van der Waals surface area (Å²) >= 11 is 0.333. The molecule has 41 heavy (non-hydrogen) atoms. The minimum atomic E-state index is -3.09. The molecule has 0 radical (unpaired) electrons. The van der Waals surface area contributed by atoms with Crippen LogP contribution in [0.1, 0.15) is 52.5 Å². The van der Waals surface area contributed by atoms with Crippen LogP contribution in [0.15, 0.2) is 4.79 Å². The van der Waals surface area contributed by atoms with Gasteiger partial charge in [-0.25, -0.2) is 9.97 Å². The number of nitrogens with zero attached hydrogens (tertiary/aromatic N) is 3. The molecule has 234 valence electrons. The fourth-order valence-corrected chi connectivity index (χ4v) is 7.98. The number of hydrogen-bond acceptors (Lipinski definition) is 9. The van der Waals surface area contributed by atoms with E-state index in [-0.39, 0.29) is 79.7 Å². The summed E-state index contributed by atoms with van der Waals surface area (Å²) < 4.78 is 42.9. The van der Waals surface area contributed by atoms with Crippen molar-refractivity contribution < 1.29 is 46.8 Å². The van der Waals surface area contributed by atoms with E-state index in [1.165, 1.54) is 0 Å². The Balaban J connectivity index is 0.00000192. The van der Waals surface area contributed by atoms with Crippen LogP contribution in [0.4, 0.5) is 0 Å². The first-order valence-electron chi connectivity index (χ1n) is 13.8. The molecule has 0 spiro atoms. The van der Waals surface area contributed by atoms with E-state index in [9.17, 15) is 14.5 Å². The second-order valence-electron chi connectivity index (χ2n) is 11.7. The number of imidazole rings is 1. The van der Waals surface area contributed by atoms with Gasteiger partial charge in [0.2, 0.25) is 7.37 Å².